The molecule has 0 bridgehead atoms. The van der Waals surface area contributed by atoms with Crippen LogP contribution in [0.2, 0.25) is 0 Å². The van der Waals surface area contributed by atoms with Crippen molar-refractivity contribution in [3.05, 3.63) is 29.6 Å². The summed E-state index contributed by atoms with van der Waals surface area (Å²) >= 11 is 1.65. The van der Waals surface area contributed by atoms with Gasteiger partial charge in [-0.1, -0.05) is 26.8 Å². The molecule has 2 rings (SSSR count). The maximum atomic E-state index is 11.3. The lowest BCUT2D eigenvalue weighted by atomic mass is 10.1. The molecule has 1 aromatic carbocycles. The Labute approximate surface area is 189 Å². The molecule has 1 aromatic heterocycles. The zero-order chi connectivity index (χ0) is 23.4. The van der Waals surface area contributed by atoms with Crippen molar-refractivity contribution in [1.82, 2.24) is 15.3 Å². The lowest BCUT2D eigenvalue weighted by molar-refractivity contribution is -0.118. The minimum Gasteiger partial charge on any atom is -0.496 e. The van der Waals surface area contributed by atoms with Crippen LogP contribution in [0.3, 0.4) is 0 Å². The normalized spacial score (nSPS) is 10.0. The lowest BCUT2D eigenvalue weighted by Crippen LogP contribution is -2.34. The highest BCUT2D eigenvalue weighted by Gasteiger charge is 2.17. The molecular formula is C22H34N6O2S. The highest BCUT2D eigenvalue weighted by molar-refractivity contribution is 7.99. The largest absolute Gasteiger partial charge is 0.496 e. The summed E-state index contributed by atoms with van der Waals surface area (Å²) in [6, 6.07) is 4.22. The fourth-order valence-electron chi connectivity index (χ4n) is 2.86. The molecular weight excluding hydrogens is 412 g/mol. The molecule has 0 saturated carbocycles. The number of nitrogens with zero attached hydrogens (tertiary/aromatic N) is 4. The second kappa shape index (κ2) is 13.5. The van der Waals surface area contributed by atoms with E-state index in [0.717, 1.165) is 17.1 Å². The molecule has 1 heterocycles. The van der Waals surface area contributed by atoms with E-state index in [4.69, 9.17) is 10.5 Å². The summed E-state index contributed by atoms with van der Waals surface area (Å²) in [5, 5.41) is 2.81. The first-order valence-corrected chi connectivity index (χ1v) is 11.3. The monoisotopic (exact) mass is 446 g/mol. The number of thioether (sulfide) groups is 1. The number of hydrogen-bond acceptors (Lipinski definition) is 8. The molecule has 9 heteroatoms. The summed E-state index contributed by atoms with van der Waals surface area (Å²) in [4.78, 5) is 26.7. The zero-order valence-electron chi connectivity index (χ0n) is 19.4. The third-order valence-electron chi connectivity index (χ3n) is 4.38. The lowest BCUT2D eigenvalue weighted by Gasteiger charge is -2.25. The highest BCUT2D eigenvalue weighted by Crippen LogP contribution is 2.34. The van der Waals surface area contributed by atoms with E-state index in [0.29, 0.717) is 30.5 Å². The number of benzene rings is 1. The molecule has 8 nitrogen and oxygen atoms in total. The third kappa shape index (κ3) is 7.43. The van der Waals surface area contributed by atoms with Crippen molar-refractivity contribution in [1.29, 1.82) is 0 Å². The Hall–Kier alpha value is -2.81. The maximum Gasteiger partial charge on any atom is 0.216 e. The van der Waals surface area contributed by atoms with Gasteiger partial charge in [-0.2, -0.15) is 0 Å². The summed E-state index contributed by atoms with van der Waals surface area (Å²) in [5.74, 6) is 2.22. The van der Waals surface area contributed by atoms with Gasteiger partial charge in [-0.25, -0.2) is 9.97 Å². The van der Waals surface area contributed by atoms with Crippen molar-refractivity contribution in [2.24, 2.45) is 4.99 Å². The molecule has 0 aliphatic carbocycles. The second-order valence-corrected chi connectivity index (χ2v) is 7.38. The van der Waals surface area contributed by atoms with E-state index >= 15 is 0 Å². The van der Waals surface area contributed by atoms with Crippen LogP contribution in [-0.2, 0) is 11.2 Å². The number of carbonyl (C=O) groups excluding carboxylic acids is 1. The first kappa shape index (κ1) is 26.2. The van der Waals surface area contributed by atoms with Gasteiger partial charge in [0, 0.05) is 24.9 Å². The van der Waals surface area contributed by atoms with Crippen LogP contribution in [0.15, 0.2) is 28.3 Å². The minimum absolute atomic E-state index is 0.0855. The minimum atomic E-state index is -0.0855. The van der Waals surface area contributed by atoms with Crippen LogP contribution in [0.5, 0.6) is 5.75 Å². The molecule has 0 aliphatic rings. The molecule has 0 aliphatic heterocycles. The SMILES string of the molecule is C=Nc1c(N)ncnc1N(CCNC(C)=O)CSc1cc(OC)c(CC)cc1C.CC. The summed E-state index contributed by atoms with van der Waals surface area (Å²) in [5.41, 5.74) is 8.74. The van der Waals surface area contributed by atoms with E-state index in [1.165, 1.54) is 24.4 Å². The number of amides is 1. The zero-order valence-corrected chi connectivity index (χ0v) is 20.2. The number of carbonyl (C=O) groups is 1. The van der Waals surface area contributed by atoms with Crippen LogP contribution in [-0.4, -0.2) is 48.7 Å². The molecule has 1 amide bonds. The van der Waals surface area contributed by atoms with Gasteiger partial charge in [-0.15, -0.1) is 11.8 Å². The van der Waals surface area contributed by atoms with Gasteiger partial charge in [0.05, 0.1) is 13.0 Å². The Bertz CT molecular complexity index is 875. The molecule has 3 N–H and O–H groups in total. The van der Waals surface area contributed by atoms with Crippen molar-refractivity contribution in [3.8, 4) is 5.75 Å². The Morgan fingerprint density at radius 2 is 2.06 bits per heavy atom. The number of aromatic nitrogens is 2. The Kier molecular flexibility index (Phi) is 11.4. The van der Waals surface area contributed by atoms with Crippen LogP contribution in [0, 0.1) is 6.92 Å². The number of nitrogens with two attached hydrogens (primary N) is 1. The van der Waals surface area contributed by atoms with Crippen molar-refractivity contribution in [2.45, 2.75) is 45.9 Å². The van der Waals surface area contributed by atoms with Crippen LogP contribution in [0.25, 0.3) is 0 Å². The first-order valence-electron chi connectivity index (χ1n) is 10.3. The van der Waals surface area contributed by atoms with Gasteiger partial charge in [-0.05, 0) is 37.3 Å². The predicted octanol–water partition coefficient (Wildman–Crippen LogP) is 3.99. The summed E-state index contributed by atoms with van der Waals surface area (Å²) in [6.45, 7) is 14.3. The molecule has 0 atom stereocenters. The molecule has 2 aromatic rings. The van der Waals surface area contributed by atoms with Gasteiger partial charge in [0.2, 0.25) is 5.91 Å². The molecule has 0 radical (unpaired) electrons. The number of aliphatic imine (C=N–C) groups is 1. The van der Waals surface area contributed by atoms with Crippen molar-refractivity contribution in [2.75, 3.05) is 36.7 Å². The average molecular weight is 447 g/mol. The van der Waals surface area contributed by atoms with E-state index in [1.807, 2.05) is 18.7 Å². The van der Waals surface area contributed by atoms with Crippen LogP contribution in [0.4, 0.5) is 17.3 Å². The first-order chi connectivity index (χ1) is 14.9. The van der Waals surface area contributed by atoms with Gasteiger partial charge in [0.1, 0.15) is 17.8 Å². The number of methoxy groups -OCH3 is 1. The number of rotatable bonds is 10. The topological polar surface area (TPSA) is 106 Å². The summed E-state index contributed by atoms with van der Waals surface area (Å²) < 4.78 is 5.53. The molecule has 170 valence electrons. The van der Waals surface area contributed by atoms with Crippen molar-refractivity contribution >= 4 is 41.7 Å². The van der Waals surface area contributed by atoms with E-state index in [9.17, 15) is 4.79 Å². The van der Waals surface area contributed by atoms with Crippen LogP contribution >= 0.6 is 11.8 Å². The number of nitrogens with one attached hydrogen (secondary N) is 1. The maximum absolute atomic E-state index is 11.3. The fraction of sp³-hybridized carbons (Fsp3) is 0.455. The van der Waals surface area contributed by atoms with Crippen molar-refractivity contribution < 1.29 is 9.53 Å². The van der Waals surface area contributed by atoms with Crippen LogP contribution < -0.4 is 20.7 Å². The van der Waals surface area contributed by atoms with E-state index in [-0.39, 0.29) is 11.7 Å². The molecule has 0 unspecified atom stereocenters. The standard InChI is InChI=1S/C20H28N6O2S.C2H6/c1-6-15-9-13(2)17(10-16(15)28-5)29-12-26(8-7-23-14(3)27)20-18(22-4)19(21)24-11-25-20;1-2/h9-11H,4,6-8,12H2,1-3,5H3,(H,23,27)(H2,21,24,25);1-2H3. The average Bonchev–Trinajstić information content (AvgIpc) is 2.77. The Morgan fingerprint density at radius 3 is 2.65 bits per heavy atom. The number of nitrogen functional groups attached to an aromatic ring is 1. The number of hydrogen-bond donors (Lipinski definition) is 2. The van der Waals surface area contributed by atoms with Crippen molar-refractivity contribution in [3.63, 3.8) is 0 Å². The van der Waals surface area contributed by atoms with E-state index in [2.05, 4.69) is 53.0 Å². The summed E-state index contributed by atoms with van der Waals surface area (Å²) in [7, 11) is 1.68. The quantitative estimate of drug-likeness (QED) is 0.323. The number of ether oxygens (including phenoxy) is 1. The fourth-order valence-corrected chi connectivity index (χ4v) is 3.89. The molecule has 31 heavy (non-hydrogen) atoms. The Balaban J connectivity index is 0.00000233. The van der Waals surface area contributed by atoms with Gasteiger partial charge >= 0.3 is 0 Å². The highest BCUT2D eigenvalue weighted by atomic mass is 32.2. The second-order valence-electron chi connectivity index (χ2n) is 6.39. The van der Waals surface area contributed by atoms with E-state index < -0.39 is 0 Å². The van der Waals surface area contributed by atoms with Crippen LogP contribution in [0.1, 0.15) is 38.8 Å². The van der Waals surface area contributed by atoms with Gasteiger partial charge in [0.15, 0.2) is 11.6 Å². The van der Waals surface area contributed by atoms with Gasteiger partial charge < -0.3 is 20.7 Å². The third-order valence-corrected chi connectivity index (χ3v) is 5.57. The number of anilines is 2. The summed E-state index contributed by atoms with van der Waals surface area (Å²) in [6.07, 6.45) is 2.31. The van der Waals surface area contributed by atoms with Gasteiger partial charge in [0.25, 0.3) is 0 Å². The van der Waals surface area contributed by atoms with Gasteiger partial charge in [-0.3, -0.25) is 9.79 Å². The smallest absolute Gasteiger partial charge is 0.216 e. The molecule has 0 spiro atoms. The molecule has 0 saturated heterocycles. The van der Waals surface area contributed by atoms with E-state index in [1.54, 1.807) is 18.9 Å². The number of aryl methyl sites for hydroxylation is 2. The predicted molar refractivity (Wildman–Crippen MR) is 131 cm³/mol. The molecule has 0 fully saturated rings. The Morgan fingerprint density at radius 1 is 1.35 bits per heavy atom.